The van der Waals surface area contributed by atoms with Gasteiger partial charge in [-0.25, -0.2) is 25.9 Å². The first-order valence-corrected chi connectivity index (χ1v) is 12.8. The van der Waals surface area contributed by atoms with Crippen LogP contribution in [0.25, 0.3) is 0 Å². The summed E-state index contributed by atoms with van der Waals surface area (Å²) in [5, 5.41) is 0.354. The summed E-state index contributed by atoms with van der Waals surface area (Å²) in [6, 6.07) is 12.1. The Morgan fingerprint density at radius 1 is 1.00 bits per heavy atom. The van der Waals surface area contributed by atoms with E-state index in [2.05, 4.69) is 4.72 Å². The lowest BCUT2D eigenvalue weighted by atomic mass is 10.1. The highest BCUT2D eigenvalue weighted by Crippen LogP contribution is 2.33. The van der Waals surface area contributed by atoms with E-state index in [0.29, 0.717) is 5.75 Å². The summed E-state index contributed by atoms with van der Waals surface area (Å²) in [4.78, 5) is -0.165. The van der Waals surface area contributed by atoms with E-state index in [-0.39, 0.29) is 20.4 Å². The third kappa shape index (κ3) is 5.06. The highest BCUT2D eigenvalue weighted by atomic mass is 32.2. The lowest BCUT2D eigenvalue weighted by Crippen LogP contribution is -2.32. The van der Waals surface area contributed by atoms with Crippen LogP contribution in [-0.2, 0) is 19.9 Å². The number of hydrogen-bond donors (Lipinski definition) is 1. The molecule has 1 heterocycles. The molecule has 3 rings (SSSR count). The van der Waals surface area contributed by atoms with Crippen LogP contribution in [0.1, 0.15) is 10.8 Å². The van der Waals surface area contributed by atoms with Crippen LogP contribution >= 0.6 is 11.3 Å². The minimum Gasteiger partial charge on any atom is -0.497 e. The molecule has 11 heteroatoms. The lowest BCUT2D eigenvalue weighted by molar-refractivity contribution is 0.386. The zero-order valence-corrected chi connectivity index (χ0v) is 19.1. The van der Waals surface area contributed by atoms with E-state index in [0.717, 1.165) is 23.5 Å². The van der Waals surface area contributed by atoms with Gasteiger partial charge in [-0.2, -0.15) is 0 Å². The van der Waals surface area contributed by atoms with Gasteiger partial charge in [0, 0.05) is 12.6 Å². The van der Waals surface area contributed by atoms with Gasteiger partial charge < -0.3 is 9.47 Å². The Bertz CT molecular complexity index is 1240. The summed E-state index contributed by atoms with van der Waals surface area (Å²) >= 11 is 1.02. The van der Waals surface area contributed by atoms with Crippen molar-refractivity contribution in [2.75, 3.05) is 20.8 Å². The molecule has 1 aromatic heterocycles. The Hall–Kier alpha value is -2.47. The molecule has 0 spiro atoms. The second-order valence-electron chi connectivity index (χ2n) is 6.39. The van der Waals surface area contributed by atoms with Gasteiger partial charge >= 0.3 is 0 Å². The number of rotatable bonds is 9. The van der Waals surface area contributed by atoms with Crippen molar-refractivity contribution >= 4 is 31.2 Å². The van der Waals surface area contributed by atoms with Crippen LogP contribution in [0.2, 0.25) is 0 Å². The number of sulfone groups is 1. The van der Waals surface area contributed by atoms with Crippen molar-refractivity contribution in [2.24, 2.45) is 0 Å². The molecule has 0 bridgehead atoms. The normalized spacial score (nSPS) is 13.0. The first kappa shape index (κ1) is 23.2. The molecular weight excluding hydrogens is 465 g/mol. The van der Waals surface area contributed by atoms with Crippen LogP contribution in [0.5, 0.6) is 11.5 Å². The molecule has 0 fully saturated rings. The Labute approximate surface area is 184 Å². The molecule has 0 aliphatic rings. The minimum absolute atomic E-state index is 0.0475. The fourth-order valence-electron chi connectivity index (χ4n) is 2.91. The first-order chi connectivity index (χ1) is 14.7. The first-order valence-electron chi connectivity index (χ1n) is 8.93. The predicted octanol–water partition coefficient (Wildman–Crippen LogP) is 3.40. The van der Waals surface area contributed by atoms with Gasteiger partial charge in [0.05, 0.1) is 14.2 Å². The molecule has 0 aliphatic carbocycles. The molecular formula is C20H20FNO6S3. The molecule has 2 aromatic carbocycles. The molecule has 1 atom stereocenters. The number of halogens is 1. The molecule has 0 amide bonds. The molecule has 1 N–H and O–H groups in total. The maximum Gasteiger partial charge on any atom is 0.244 e. The molecule has 0 unspecified atom stereocenters. The molecule has 3 aromatic rings. The van der Waals surface area contributed by atoms with E-state index in [1.54, 1.807) is 11.4 Å². The van der Waals surface area contributed by atoms with E-state index in [9.17, 15) is 21.2 Å². The zero-order chi connectivity index (χ0) is 22.6. The van der Waals surface area contributed by atoms with Crippen molar-refractivity contribution in [3.8, 4) is 11.5 Å². The van der Waals surface area contributed by atoms with Crippen molar-refractivity contribution in [1.29, 1.82) is 0 Å². The van der Waals surface area contributed by atoms with E-state index in [1.165, 1.54) is 50.6 Å². The second-order valence-corrected chi connectivity index (χ2v) is 11.4. The molecule has 166 valence electrons. The third-order valence-corrected chi connectivity index (χ3v) is 9.51. The van der Waals surface area contributed by atoms with E-state index < -0.39 is 37.5 Å². The van der Waals surface area contributed by atoms with Gasteiger partial charge in [0.15, 0.2) is 9.84 Å². The SMILES string of the molecule is COc1ccc(S(=O)(=O)NC[C@@H](c2ccc(F)cc2)S(=O)(=O)c2cccs2)c(OC)c1. The van der Waals surface area contributed by atoms with Crippen molar-refractivity contribution in [3.63, 3.8) is 0 Å². The Balaban J connectivity index is 1.96. The average molecular weight is 486 g/mol. The van der Waals surface area contributed by atoms with Gasteiger partial charge in [0.1, 0.15) is 31.7 Å². The molecule has 0 saturated carbocycles. The second kappa shape index (κ2) is 9.35. The van der Waals surface area contributed by atoms with Crippen LogP contribution in [0.3, 0.4) is 0 Å². The van der Waals surface area contributed by atoms with E-state index >= 15 is 0 Å². The maximum atomic E-state index is 13.4. The predicted molar refractivity (Wildman–Crippen MR) is 115 cm³/mol. The summed E-state index contributed by atoms with van der Waals surface area (Å²) < 4.78 is 78.3. The third-order valence-electron chi connectivity index (χ3n) is 4.51. The van der Waals surface area contributed by atoms with Crippen LogP contribution in [0.15, 0.2) is 69.1 Å². The van der Waals surface area contributed by atoms with Gasteiger partial charge in [0.25, 0.3) is 0 Å². The summed E-state index contributed by atoms with van der Waals surface area (Å²) in [6.45, 7) is -0.455. The van der Waals surface area contributed by atoms with Crippen LogP contribution in [0.4, 0.5) is 4.39 Å². The Morgan fingerprint density at radius 2 is 1.71 bits per heavy atom. The van der Waals surface area contributed by atoms with E-state index in [4.69, 9.17) is 9.47 Å². The number of ether oxygens (including phenoxy) is 2. The number of sulfonamides is 1. The molecule has 31 heavy (non-hydrogen) atoms. The monoisotopic (exact) mass is 485 g/mol. The Kier molecular flexibility index (Phi) is 6.99. The smallest absolute Gasteiger partial charge is 0.244 e. The van der Waals surface area contributed by atoms with Gasteiger partial charge in [-0.3, -0.25) is 0 Å². The van der Waals surface area contributed by atoms with Gasteiger partial charge in [-0.15, -0.1) is 11.3 Å². The molecule has 7 nitrogen and oxygen atoms in total. The zero-order valence-electron chi connectivity index (χ0n) is 16.6. The molecule has 0 saturated heterocycles. The topological polar surface area (TPSA) is 98.8 Å². The largest absolute Gasteiger partial charge is 0.497 e. The molecule has 0 radical (unpaired) electrons. The Morgan fingerprint density at radius 3 is 2.29 bits per heavy atom. The number of benzene rings is 2. The van der Waals surface area contributed by atoms with Crippen molar-refractivity contribution in [2.45, 2.75) is 14.4 Å². The number of nitrogens with one attached hydrogen (secondary N) is 1. The summed E-state index contributed by atoms with van der Waals surface area (Å²) in [5.41, 5.74) is 0.263. The van der Waals surface area contributed by atoms with Gasteiger partial charge in [0.2, 0.25) is 10.0 Å². The quantitative estimate of drug-likeness (QED) is 0.499. The fourth-order valence-corrected chi connectivity index (χ4v) is 7.08. The summed E-state index contributed by atoms with van der Waals surface area (Å²) in [5.74, 6) is -0.0777. The van der Waals surface area contributed by atoms with Gasteiger partial charge in [-0.05, 0) is 41.3 Å². The average Bonchev–Trinajstić information content (AvgIpc) is 3.30. The summed E-state index contributed by atoms with van der Waals surface area (Å²) in [7, 11) is -5.32. The number of methoxy groups -OCH3 is 2. The molecule has 0 aliphatic heterocycles. The lowest BCUT2D eigenvalue weighted by Gasteiger charge is -2.19. The maximum absolute atomic E-state index is 13.4. The van der Waals surface area contributed by atoms with E-state index in [1.807, 2.05) is 0 Å². The van der Waals surface area contributed by atoms with Gasteiger partial charge in [-0.1, -0.05) is 18.2 Å². The summed E-state index contributed by atoms with van der Waals surface area (Å²) in [6.07, 6.45) is 0. The fraction of sp³-hybridized carbons (Fsp3) is 0.200. The van der Waals surface area contributed by atoms with Crippen molar-refractivity contribution in [3.05, 3.63) is 71.4 Å². The number of hydrogen-bond acceptors (Lipinski definition) is 7. The highest BCUT2D eigenvalue weighted by Gasteiger charge is 2.32. The van der Waals surface area contributed by atoms with Crippen LogP contribution in [0, 0.1) is 5.82 Å². The van der Waals surface area contributed by atoms with Crippen molar-refractivity contribution in [1.82, 2.24) is 4.72 Å². The standard InChI is InChI=1S/C20H20FNO6S3/c1-27-16-9-10-18(17(12-16)28-2)31(25,26)22-13-19(14-5-7-15(21)8-6-14)30(23,24)20-4-3-11-29-20/h3-12,19,22H,13H2,1-2H3/t19-/m0/s1. The van der Waals surface area contributed by atoms with Crippen LogP contribution < -0.4 is 14.2 Å². The number of thiophene rings is 1. The van der Waals surface area contributed by atoms with Crippen LogP contribution in [-0.4, -0.2) is 37.6 Å². The van der Waals surface area contributed by atoms with Crippen molar-refractivity contribution < 1.29 is 30.7 Å². The minimum atomic E-state index is -4.13. The highest BCUT2D eigenvalue weighted by molar-refractivity contribution is 7.93.